The molecule has 2 bridgehead atoms. The highest BCUT2D eigenvalue weighted by molar-refractivity contribution is 7.57. The molecule has 0 radical (unpaired) electrons. The van der Waals surface area contributed by atoms with Crippen molar-refractivity contribution in [1.82, 2.24) is 4.90 Å². The number of allylic oxidation sites excluding steroid dienone is 6. The van der Waals surface area contributed by atoms with E-state index in [4.69, 9.17) is 28.2 Å². The quantitative estimate of drug-likeness (QED) is 0.104. The van der Waals surface area contributed by atoms with Crippen LogP contribution in [0.2, 0.25) is 0 Å². The lowest BCUT2D eigenvalue weighted by Crippen LogP contribution is -2.61. The van der Waals surface area contributed by atoms with Gasteiger partial charge < -0.3 is 43.3 Å². The van der Waals surface area contributed by atoms with Crippen LogP contribution in [0.15, 0.2) is 47.6 Å². The average Bonchev–Trinajstić information content (AvgIpc) is 3.30. The number of amides is 1. The van der Waals surface area contributed by atoms with E-state index in [9.17, 15) is 38.8 Å². The van der Waals surface area contributed by atoms with E-state index < -0.39 is 85.1 Å². The first-order chi connectivity index (χ1) is 32.4. The van der Waals surface area contributed by atoms with Crippen LogP contribution in [0.5, 0.6) is 0 Å². The fourth-order valence-electron chi connectivity index (χ4n) is 10.5. The number of Topliss-reactive ketones (excluding diaryl/α,β-unsaturated/α-hetero) is 3. The number of esters is 1. The molecule has 1 amide bonds. The van der Waals surface area contributed by atoms with E-state index in [1.165, 1.54) is 12.0 Å². The lowest BCUT2D eigenvalue weighted by Gasteiger charge is -2.42. The number of rotatable bonds is 8. The number of fused-ring (bicyclic) bond motifs is 3. The highest BCUT2D eigenvalue weighted by Crippen LogP contribution is 2.45. The van der Waals surface area contributed by atoms with Crippen LogP contribution in [0.1, 0.15) is 126 Å². The van der Waals surface area contributed by atoms with Crippen molar-refractivity contribution in [2.45, 2.75) is 180 Å². The van der Waals surface area contributed by atoms with Gasteiger partial charge in [0, 0.05) is 71.8 Å². The van der Waals surface area contributed by atoms with Gasteiger partial charge in [-0.3, -0.25) is 23.7 Å². The zero-order chi connectivity index (χ0) is 51.4. The van der Waals surface area contributed by atoms with Gasteiger partial charge in [-0.25, -0.2) is 4.79 Å². The molecule has 0 aromatic heterocycles. The second kappa shape index (κ2) is 26.5. The Kier molecular flexibility index (Phi) is 22.5. The Morgan fingerprint density at radius 1 is 0.855 bits per heavy atom. The van der Waals surface area contributed by atoms with E-state index in [0.29, 0.717) is 63.4 Å². The van der Waals surface area contributed by atoms with Gasteiger partial charge in [0.2, 0.25) is 5.79 Å². The average molecular weight is 990 g/mol. The Morgan fingerprint density at radius 3 is 2.22 bits per heavy atom. The van der Waals surface area contributed by atoms with Crippen molar-refractivity contribution in [1.29, 1.82) is 0 Å². The van der Waals surface area contributed by atoms with E-state index in [-0.39, 0.29) is 60.9 Å². The molecule has 390 valence electrons. The number of nitrogens with zero attached hydrogens (tertiary/aromatic N) is 1. The molecule has 4 aliphatic rings. The van der Waals surface area contributed by atoms with Gasteiger partial charge in [-0.15, -0.1) is 0 Å². The molecule has 69 heavy (non-hydrogen) atoms. The smallest absolute Gasteiger partial charge is 0.329 e. The van der Waals surface area contributed by atoms with Crippen LogP contribution in [0.4, 0.5) is 0 Å². The molecule has 15 nitrogen and oxygen atoms in total. The monoisotopic (exact) mass is 990 g/mol. The van der Waals surface area contributed by atoms with Gasteiger partial charge in [0.15, 0.2) is 13.2 Å². The molecule has 16 heteroatoms. The molecule has 1 unspecified atom stereocenters. The van der Waals surface area contributed by atoms with E-state index in [1.807, 2.05) is 58.1 Å². The van der Waals surface area contributed by atoms with Crippen LogP contribution in [0.25, 0.3) is 0 Å². The van der Waals surface area contributed by atoms with Gasteiger partial charge >= 0.3 is 5.97 Å². The third-order valence-corrected chi connectivity index (χ3v) is 15.6. The lowest BCUT2D eigenvalue weighted by molar-refractivity contribution is -0.265. The maximum atomic E-state index is 14.5. The SMILES string of the molecule is COC1C(=O)[C@H](C)C[C@H](C)C=C/C=C\C=C(/C)[C@@H](OC)C[C@@H]2CC[C@@H](C)[C@@](O)(O2)C(=O)C(=O)N2CCCC[C@H]2C(=O)O[C@H]([C@H](C)C[C@H]2CC[C@@H](OP(C)(C)=O)[C@H](OC)C2)CC(=O)[C@H](C)/C=C(\C)[C@H]1O. The Morgan fingerprint density at radius 2 is 1.57 bits per heavy atom. The first kappa shape index (κ1) is 58.4. The minimum absolute atomic E-state index is 0.0117. The molecular formula is C53H84NO14P. The molecule has 3 fully saturated rings. The van der Waals surface area contributed by atoms with Gasteiger partial charge in [-0.05, 0) is 107 Å². The second-order valence-electron chi connectivity index (χ2n) is 20.9. The van der Waals surface area contributed by atoms with Crippen molar-refractivity contribution in [3.8, 4) is 0 Å². The predicted molar refractivity (Wildman–Crippen MR) is 263 cm³/mol. The number of carbonyl (C=O) groups is 5. The molecular weight excluding hydrogens is 906 g/mol. The molecule has 1 saturated carbocycles. The van der Waals surface area contributed by atoms with E-state index in [2.05, 4.69) is 0 Å². The van der Waals surface area contributed by atoms with Crippen molar-refractivity contribution in [2.24, 2.45) is 35.5 Å². The molecule has 1 aliphatic carbocycles. The molecule has 4 rings (SSSR count). The van der Waals surface area contributed by atoms with E-state index in [0.717, 1.165) is 12.0 Å². The molecule has 2 N–H and O–H groups in total. The normalized spacial score (nSPS) is 38.6. The summed E-state index contributed by atoms with van der Waals surface area (Å²) in [6, 6.07) is -1.16. The van der Waals surface area contributed by atoms with Crippen molar-refractivity contribution in [2.75, 3.05) is 41.2 Å². The summed E-state index contributed by atoms with van der Waals surface area (Å²) in [5, 5.41) is 23.5. The number of ether oxygens (including phenoxy) is 5. The Bertz CT molecular complexity index is 1940. The molecule has 3 aliphatic heterocycles. The molecule has 2 saturated heterocycles. The number of hydrogen-bond acceptors (Lipinski definition) is 14. The van der Waals surface area contributed by atoms with Crippen molar-refractivity contribution >= 4 is 36.6 Å². The third-order valence-electron chi connectivity index (χ3n) is 14.8. The van der Waals surface area contributed by atoms with Crippen LogP contribution in [-0.2, 0) is 56.7 Å². The summed E-state index contributed by atoms with van der Waals surface area (Å²) in [6.07, 6.45) is 11.4. The fraction of sp³-hybridized carbons (Fsp3) is 0.755. The van der Waals surface area contributed by atoms with Crippen LogP contribution in [-0.4, -0.2) is 140 Å². The number of aliphatic hydroxyl groups excluding tert-OH is 1. The fourth-order valence-corrected chi connectivity index (χ4v) is 11.4. The molecule has 0 aromatic carbocycles. The Hall–Kier alpha value is -3.14. The number of carbonyl (C=O) groups excluding carboxylic acids is 5. The molecule has 15 atom stereocenters. The molecule has 0 spiro atoms. The lowest BCUT2D eigenvalue weighted by atomic mass is 9.78. The Balaban J connectivity index is 1.70. The van der Waals surface area contributed by atoms with Crippen molar-refractivity contribution in [3.05, 3.63) is 47.6 Å². The zero-order valence-corrected chi connectivity index (χ0v) is 44.3. The third kappa shape index (κ3) is 16.2. The molecule has 0 aromatic rings. The first-order valence-electron chi connectivity index (χ1n) is 25.2. The number of hydrogen-bond donors (Lipinski definition) is 2. The highest BCUT2D eigenvalue weighted by Gasteiger charge is 2.53. The minimum Gasteiger partial charge on any atom is -0.460 e. The summed E-state index contributed by atoms with van der Waals surface area (Å²) in [5.41, 5.74) is 1.25. The minimum atomic E-state index is -2.79. The number of methoxy groups -OCH3 is 3. The van der Waals surface area contributed by atoms with Crippen LogP contribution >= 0.6 is 7.37 Å². The summed E-state index contributed by atoms with van der Waals surface area (Å²) in [5.74, 6) is -8.11. The van der Waals surface area contributed by atoms with Gasteiger partial charge in [0.25, 0.3) is 11.7 Å². The first-order valence-corrected chi connectivity index (χ1v) is 27.7. The number of piperidine rings is 1. The standard InChI is InChI=1S/C53H84NO14P/c1-32-18-14-13-15-19-33(2)44(63-8)30-40-23-21-38(7)53(61,67-40)50(58)51(59)54-25-17-16-20-41(54)52(60)66-45(35(4)28-39-22-24-43(46(29-39)64-9)68-69(11,12)62)31-42(55)34(3)27-37(6)48(57)49(65-10)47(56)36(5)26-32/h13-15,18-19,27,32,34-36,38-41,43-46,48-49,57,61H,16-17,20-26,28-31H2,1-12H3/b15-13-,18-14?,33-19+,37-27+/t32-,34-,35-,36-,38-,39-,40+,41+,43-,44+,45+,46-,48-,49?,53-/m1/s1. The van der Waals surface area contributed by atoms with Crippen LogP contribution in [0, 0.1) is 35.5 Å². The van der Waals surface area contributed by atoms with Gasteiger partial charge in [0.1, 0.15) is 30.1 Å². The number of ketones is 3. The highest BCUT2D eigenvalue weighted by atomic mass is 31.2. The largest absolute Gasteiger partial charge is 0.460 e. The molecule has 3 heterocycles. The second-order valence-corrected chi connectivity index (χ2v) is 23.6. The van der Waals surface area contributed by atoms with Gasteiger partial charge in [-0.2, -0.15) is 0 Å². The topological polar surface area (TPSA) is 201 Å². The predicted octanol–water partition coefficient (Wildman–Crippen LogP) is 7.74. The Labute approximate surface area is 411 Å². The van der Waals surface area contributed by atoms with Crippen molar-refractivity contribution < 1.29 is 67.0 Å². The number of aliphatic hydroxyl groups is 2. The van der Waals surface area contributed by atoms with Gasteiger partial charge in [0.05, 0.1) is 24.4 Å². The summed E-state index contributed by atoms with van der Waals surface area (Å²) < 4.78 is 48.2. The van der Waals surface area contributed by atoms with Crippen LogP contribution < -0.4 is 0 Å². The summed E-state index contributed by atoms with van der Waals surface area (Å²) in [7, 11) is 1.76. The maximum Gasteiger partial charge on any atom is 0.329 e. The van der Waals surface area contributed by atoms with E-state index in [1.54, 1.807) is 54.4 Å². The number of cyclic esters (lactones) is 1. The van der Waals surface area contributed by atoms with Crippen LogP contribution in [0.3, 0.4) is 0 Å². The summed E-state index contributed by atoms with van der Waals surface area (Å²) in [4.78, 5) is 72.2. The summed E-state index contributed by atoms with van der Waals surface area (Å²) in [6.45, 7) is 15.9. The van der Waals surface area contributed by atoms with E-state index >= 15 is 0 Å². The maximum absolute atomic E-state index is 14.5. The zero-order valence-electron chi connectivity index (χ0n) is 43.4. The summed E-state index contributed by atoms with van der Waals surface area (Å²) >= 11 is 0. The van der Waals surface area contributed by atoms with Crippen molar-refractivity contribution in [3.63, 3.8) is 0 Å². The van der Waals surface area contributed by atoms with Gasteiger partial charge in [-0.1, -0.05) is 71.1 Å².